The quantitative estimate of drug-likeness (QED) is 0.830. The number of carbonyl (C=O) groups is 2. The summed E-state index contributed by atoms with van der Waals surface area (Å²) in [7, 11) is 1.37. The van der Waals surface area contributed by atoms with Crippen molar-refractivity contribution >= 4 is 22.8 Å². The van der Waals surface area contributed by atoms with Gasteiger partial charge in [0.1, 0.15) is 0 Å². The fourth-order valence-corrected chi connectivity index (χ4v) is 3.00. The molecular formula is C19H22N2O3. The van der Waals surface area contributed by atoms with E-state index >= 15 is 0 Å². The van der Waals surface area contributed by atoms with Crippen LogP contribution in [0.2, 0.25) is 0 Å². The molecule has 1 aliphatic carbocycles. The minimum Gasteiger partial charge on any atom is -0.468 e. The van der Waals surface area contributed by atoms with Gasteiger partial charge in [0.2, 0.25) is 0 Å². The van der Waals surface area contributed by atoms with Gasteiger partial charge >= 0.3 is 12.0 Å². The molecular weight excluding hydrogens is 304 g/mol. The van der Waals surface area contributed by atoms with E-state index in [2.05, 4.69) is 10.6 Å². The van der Waals surface area contributed by atoms with Crippen molar-refractivity contribution in [1.82, 2.24) is 10.6 Å². The molecule has 5 heteroatoms. The van der Waals surface area contributed by atoms with Crippen molar-refractivity contribution in [3.8, 4) is 0 Å². The number of urea groups is 1. The number of carbonyl (C=O) groups excluding carboxylic acids is 2. The normalized spacial score (nSPS) is 15.4. The van der Waals surface area contributed by atoms with Crippen molar-refractivity contribution in [3.05, 3.63) is 48.0 Å². The summed E-state index contributed by atoms with van der Waals surface area (Å²) >= 11 is 0. The van der Waals surface area contributed by atoms with Crippen LogP contribution in [-0.2, 0) is 9.53 Å². The zero-order chi connectivity index (χ0) is 16.9. The molecule has 1 atom stereocenters. The predicted octanol–water partition coefficient (Wildman–Crippen LogP) is 2.95. The second-order valence-electron chi connectivity index (χ2n) is 6.13. The van der Waals surface area contributed by atoms with Crippen LogP contribution in [-0.4, -0.2) is 31.7 Å². The number of ether oxygens (including phenoxy) is 1. The van der Waals surface area contributed by atoms with Gasteiger partial charge in [-0.3, -0.25) is 4.79 Å². The molecule has 0 saturated heterocycles. The molecule has 3 rings (SSSR count). The first-order chi connectivity index (χ1) is 11.7. The molecule has 0 aromatic heterocycles. The van der Waals surface area contributed by atoms with E-state index in [1.54, 1.807) is 0 Å². The van der Waals surface area contributed by atoms with Crippen LogP contribution in [0.1, 0.15) is 30.7 Å². The molecule has 0 heterocycles. The van der Waals surface area contributed by atoms with Gasteiger partial charge in [0.05, 0.1) is 13.0 Å². The Morgan fingerprint density at radius 3 is 2.62 bits per heavy atom. The lowest BCUT2D eigenvalue weighted by Crippen LogP contribution is -2.46. The molecule has 1 unspecified atom stereocenters. The highest BCUT2D eigenvalue weighted by Gasteiger charge is 2.25. The third-order valence-electron chi connectivity index (χ3n) is 4.59. The van der Waals surface area contributed by atoms with Crippen molar-refractivity contribution < 1.29 is 14.3 Å². The largest absolute Gasteiger partial charge is 0.468 e. The molecule has 1 saturated carbocycles. The molecule has 0 bridgehead atoms. The molecule has 2 N–H and O–H groups in total. The highest BCUT2D eigenvalue weighted by Crippen LogP contribution is 2.26. The Morgan fingerprint density at radius 1 is 1.17 bits per heavy atom. The van der Waals surface area contributed by atoms with E-state index in [-0.39, 0.29) is 24.6 Å². The lowest BCUT2D eigenvalue weighted by atomic mass is 9.93. The van der Waals surface area contributed by atoms with Gasteiger partial charge in [-0.2, -0.15) is 0 Å². The monoisotopic (exact) mass is 326 g/mol. The second kappa shape index (κ2) is 7.34. The second-order valence-corrected chi connectivity index (χ2v) is 6.13. The van der Waals surface area contributed by atoms with Crippen molar-refractivity contribution in [2.45, 2.75) is 31.2 Å². The Morgan fingerprint density at radius 2 is 1.92 bits per heavy atom. The minimum absolute atomic E-state index is 0.208. The molecule has 2 aromatic rings. The number of hydrogen-bond acceptors (Lipinski definition) is 3. The molecule has 2 aromatic carbocycles. The van der Waals surface area contributed by atoms with Gasteiger partial charge in [0.25, 0.3) is 0 Å². The topological polar surface area (TPSA) is 67.4 Å². The maximum Gasteiger partial charge on any atom is 0.315 e. The summed E-state index contributed by atoms with van der Waals surface area (Å²) < 4.78 is 4.95. The molecule has 1 fully saturated rings. The van der Waals surface area contributed by atoms with Gasteiger partial charge in [-0.25, -0.2) is 4.79 Å². The Bertz CT molecular complexity index is 735. The predicted molar refractivity (Wildman–Crippen MR) is 92.9 cm³/mol. The van der Waals surface area contributed by atoms with E-state index in [1.807, 2.05) is 42.5 Å². The van der Waals surface area contributed by atoms with Crippen LogP contribution in [0.5, 0.6) is 0 Å². The third kappa shape index (κ3) is 3.50. The van der Waals surface area contributed by atoms with Gasteiger partial charge in [-0.05, 0) is 35.6 Å². The first-order valence-electron chi connectivity index (χ1n) is 8.29. The van der Waals surface area contributed by atoms with Crippen LogP contribution in [0.15, 0.2) is 42.5 Å². The van der Waals surface area contributed by atoms with E-state index in [4.69, 9.17) is 4.74 Å². The fraction of sp³-hybridized carbons (Fsp3) is 0.368. The van der Waals surface area contributed by atoms with Crippen molar-refractivity contribution in [3.63, 3.8) is 0 Å². The smallest absolute Gasteiger partial charge is 0.315 e. The number of amides is 2. The minimum atomic E-state index is -0.534. The van der Waals surface area contributed by atoms with Gasteiger partial charge < -0.3 is 15.4 Å². The molecule has 126 valence electrons. The van der Waals surface area contributed by atoms with Crippen molar-refractivity contribution in [2.75, 3.05) is 13.7 Å². The standard InChI is InChI=1S/C19H22N2O3/c1-24-18(22)17(12-20-19(23)21-14-8-5-9-14)16-11-4-7-13-6-2-3-10-15(13)16/h2-4,6-7,10-11,14,17H,5,8-9,12H2,1H3,(H2,20,21,23). The maximum atomic E-state index is 12.3. The Labute approximate surface area is 141 Å². The Hall–Kier alpha value is -2.56. The van der Waals surface area contributed by atoms with E-state index in [0.29, 0.717) is 0 Å². The number of rotatable bonds is 5. The molecule has 1 aliphatic rings. The van der Waals surface area contributed by atoms with Gasteiger partial charge in [0.15, 0.2) is 0 Å². The SMILES string of the molecule is COC(=O)C(CNC(=O)NC1CCC1)c1cccc2ccccc12. The third-order valence-corrected chi connectivity index (χ3v) is 4.59. The fourth-order valence-electron chi connectivity index (χ4n) is 3.00. The summed E-state index contributed by atoms with van der Waals surface area (Å²) in [6, 6.07) is 13.8. The maximum absolute atomic E-state index is 12.3. The average molecular weight is 326 g/mol. The number of fused-ring (bicyclic) bond motifs is 1. The van der Waals surface area contributed by atoms with Crippen LogP contribution >= 0.6 is 0 Å². The molecule has 2 amide bonds. The van der Waals surface area contributed by atoms with E-state index in [1.165, 1.54) is 7.11 Å². The Balaban J connectivity index is 1.78. The number of hydrogen-bond donors (Lipinski definition) is 2. The number of nitrogens with one attached hydrogen (secondary N) is 2. The number of benzene rings is 2. The highest BCUT2D eigenvalue weighted by atomic mass is 16.5. The van der Waals surface area contributed by atoms with Crippen molar-refractivity contribution in [2.24, 2.45) is 0 Å². The summed E-state index contributed by atoms with van der Waals surface area (Å²) in [4.78, 5) is 24.2. The van der Waals surface area contributed by atoms with Crippen LogP contribution in [0.3, 0.4) is 0 Å². The van der Waals surface area contributed by atoms with Gasteiger partial charge in [0, 0.05) is 12.6 Å². The summed E-state index contributed by atoms with van der Waals surface area (Å²) in [5.41, 5.74) is 0.865. The molecule has 5 nitrogen and oxygen atoms in total. The van der Waals surface area contributed by atoms with Gasteiger partial charge in [-0.15, -0.1) is 0 Å². The zero-order valence-corrected chi connectivity index (χ0v) is 13.7. The summed E-state index contributed by atoms with van der Waals surface area (Å²) in [5, 5.41) is 7.78. The van der Waals surface area contributed by atoms with Crippen molar-refractivity contribution in [1.29, 1.82) is 0 Å². The number of methoxy groups -OCH3 is 1. The lowest BCUT2D eigenvalue weighted by molar-refractivity contribution is -0.142. The average Bonchev–Trinajstić information content (AvgIpc) is 2.58. The van der Waals surface area contributed by atoms with Crippen LogP contribution in [0.25, 0.3) is 10.8 Å². The molecule has 0 spiro atoms. The molecule has 24 heavy (non-hydrogen) atoms. The highest BCUT2D eigenvalue weighted by molar-refractivity contribution is 5.91. The van der Waals surface area contributed by atoms with E-state index in [9.17, 15) is 9.59 Å². The summed E-state index contributed by atoms with van der Waals surface area (Å²) in [6.45, 7) is 0.208. The van der Waals surface area contributed by atoms with E-state index in [0.717, 1.165) is 35.6 Å². The number of esters is 1. The first kappa shape index (κ1) is 16.3. The van der Waals surface area contributed by atoms with Crippen LogP contribution < -0.4 is 10.6 Å². The molecule has 0 radical (unpaired) electrons. The summed E-state index contributed by atoms with van der Waals surface area (Å²) in [6.07, 6.45) is 3.21. The van der Waals surface area contributed by atoms with Gasteiger partial charge in [-0.1, -0.05) is 42.5 Å². The molecule has 0 aliphatic heterocycles. The van der Waals surface area contributed by atoms with E-state index < -0.39 is 5.92 Å². The van der Waals surface area contributed by atoms with Crippen LogP contribution in [0, 0.1) is 0 Å². The first-order valence-corrected chi connectivity index (χ1v) is 8.29. The zero-order valence-electron chi connectivity index (χ0n) is 13.7. The lowest BCUT2D eigenvalue weighted by Gasteiger charge is -2.27. The Kier molecular flexibility index (Phi) is 4.99. The summed E-state index contributed by atoms with van der Waals surface area (Å²) in [5.74, 6) is -0.886. The van der Waals surface area contributed by atoms with Crippen LogP contribution in [0.4, 0.5) is 4.79 Å².